The number of carbonyl (C=O) groups is 1. The zero-order valence-corrected chi connectivity index (χ0v) is 9.19. The van der Waals surface area contributed by atoms with E-state index in [0.29, 0.717) is 5.75 Å². The fourth-order valence-electron chi connectivity index (χ4n) is 0.226. The van der Waals surface area contributed by atoms with Crippen LogP contribution in [0.15, 0.2) is 0 Å². The van der Waals surface area contributed by atoms with Gasteiger partial charge in [0, 0.05) is 25.2 Å². The van der Waals surface area contributed by atoms with E-state index >= 15 is 0 Å². The molecule has 0 rings (SSSR count). The number of thiol groups is 1. The molecular formula is C4H9NO2SZn. The Labute approximate surface area is 72.5 Å². The predicted molar refractivity (Wildman–Crippen MR) is 33.8 cm³/mol. The van der Waals surface area contributed by atoms with E-state index in [1.807, 2.05) is 0 Å². The van der Waals surface area contributed by atoms with Gasteiger partial charge in [0.15, 0.2) is 0 Å². The topological polar surface area (TPSA) is 52.3 Å². The summed E-state index contributed by atoms with van der Waals surface area (Å²) in [4.78, 5) is 10.3. The second-order valence-electron chi connectivity index (χ2n) is 1.31. The van der Waals surface area contributed by atoms with E-state index in [4.69, 9.17) is 5.73 Å². The van der Waals surface area contributed by atoms with Gasteiger partial charge in [-0.1, -0.05) is 0 Å². The summed E-state index contributed by atoms with van der Waals surface area (Å²) < 4.78 is 4.29. The van der Waals surface area contributed by atoms with Gasteiger partial charge in [0.25, 0.3) is 0 Å². The zero-order chi connectivity index (χ0) is 6.57. The van der Waals surface area contributed by atoms with Gasteiger partial charge in [-0.15, -0.1) is 0 Å². The minimum atomic E-state index is -0.580. The summed E-state index contributed by atoms with van der Waals surface area (Å²) in [6.07, 6.45) is 0. The van der Waals surface area contributed by atoms with Crippen LogP contribution in [-0.4, -0.2) is 24.9 Å². The predicted octanol–water partition coefficient (Wildman–Crippen LogP) is -0.586. The molecule has 0 aliphatic rings. The summed E-state index contributed by atoms with van der Waals surface area (Å²) in [5, 5.41) is 0. The Morgan fingerprint density at radius 2 is 2.33 bits per heavy atom. The van der Waals surface area contributed by atoms with E-state index in [1.165, 1.54) is 7.11 Å². The van der Waals surface area contributed by atoms with E-state index in [2.05, 4.69) is 17.4 Å². The van der Waals surface area contributed by atoms with E-state index in [0.717, 1.165) is 0 Å². The largest absolute Gasteiger partial charge is 0.468 e. The van der Waals surface area contributed by atoms with E-state index in [1.54, 1.807) is 0 Å². The van der Waals surface area contributed by atoms with Crippen molar-refractivity contribution in [2.24, 2.45) is 5.73 Å². The molecule has 0 aromatic rings. The molecule has 0 spiro atoms. The third-order valence-electron chi connectivity index (χ3n) is 0.701. The maximum Gasteiger partial charge on any atom is 0.323 e. The summed E-state index contributed by atoms with van der Waals surface area (Å²) in [6.45, 7) is 0. The number of esters is 1. The third kappa shape index (κ3) is 4.88. The average molecular weight is 201 g/mol. The SMILES string of the molecule is COC(=O)C(N)CS.[Zn]. The van der Waals surface area contributed by atoms with Crippen molar-refractivity contribution in [3.8, 4) is 0 Å². The molecule has 1 unspecified atom stereocenters. The number of nitrogens with two attached hydrogens (primary N) is 1. The van der Waals surface area contributed by atoms with Crippen LogP contribution in [0.1, 0.15) is 0 Å². The number of ether oxygens (including phenoxy) is 1. The van der Waals surface area contributed by atoms with Gasteiger partial charge in [-0.2, -0.15) is 12.6 Å². The summed E-state index contributed by atoms with van der Waals surface area (Å²) in [6, 6.07) is -0.580. The summed E-state index contributed by atoms with van der Waals surface area (Å²) in [5.41, 5.74) is 5.18. The van der Waals surface area contributed by atoms with Crippen LogP contribution in [0.25, 0.3) is 0 Å². The van der Waals surface area contributed by atoms with Crippen molar-refractivity contribution >= 4 is 18.6 Å². The van der Waals surface area contributed by atoms with Crippen molar-refractivity contribution in [2.75, 3.05) is 12.9 Å². The minimum Gasteiger partial charge on any atom is -0.468 e. The molecule has 50 valence electrons. The Morgan fingerprint density at radius 3 is 2.44 bits per heavy atom. The van der Waals surface area contributed by atoms with Crippen LogP contribution in [0.4, 0.5) is 0 Å². The molecule has 0 aliphatic carbocycles. The number of rotatable bonds is 2. The molecule has 0 amide bonds. The first-order chi connectivity index (χ1) is 3.72. The standard InChI is InChI=1S/C4H9NO2S.Zn/c1-7-4(6)3(5)2-8;/h3,8H,2,5H2,1H3;. The van der Waals surface area contributed by atoms with Gasteiger partial charge in [-0.3, -0.25) is 4.79 Å². The van der Waals surface area contributed by atoms with Crippen molar-refractivity contribution < 1.29 is 29.0 Å². The van der Waals surface area contributed by atoms with E-state index in [9.17, 15) is 4.79 Å². The first-order valence-electron chi connectivity index (χ1n) is 2.16. The van der Waals surface area contributed by atoms with Crippen molar-refractivity contribution in [1.82, 2.24) is 0 Å². The first-order valence-corrected chi connectivity index (χ1v) is 2.80. The summed E-state index contributed by atoms with van der Waals surface area (Å²) >= 11 is 3.78. The molecule has 0 fully saturated rings. The molecule has 3 nitrogen and oxygen atoms in total. The smallest absolute Gasteiger partial charge is 0.323 e. The van der Waals surface area contributed by atoms with Crippen LogP contribution in [0.5, 0.6) is 0 Å². The molecule has 0 radical (unpaired) electrons. The first kappa shape index (κ1) is 12.1. The van der Waals surface area contributed by atoms with Gasteiger partial charge in [-0.25, -0.2) is 0 Å². The van der Waals surface area contributed by atoms with Crippen molar-refractivity contribution in [1.29, 1.82) is 0 Å². The number of hydrogen-bond donors (Lipinski definition) is 2. The number of methoxy groups -OCH3 is 1. The monoisotopic (exact) mass is 199 g/mol. The van der Waals surface area contributed by atoms with Crippen LogP contribution in [-0.2, 0) is 29.0 Å². The molecule has 1 atom stereocenters. The van der Waals surface area contributed by atoms with Crippen molar-refractivity contribution in [3.63, 3.8) is 0 Å². The Balaban J connectivity index is 0. The second-order valence-corrected chi connectivity index (χ2v) is 1.68. The normalized spacial score (nSPS) is 11.4. The van der Waals surface area contributed by atoms with Gasteiger partial charge < -0.3 is 10.5 Å². The van der Waals surface area contributed by atoms with Gasteiger partial charge in [0.2, 0.25) is 0 Å². The number of carbonyl (C=O) groups excluding carboxylic acids is 1. The molecule has 0 aliphatic heterocycles. The van der Waals surface area contributed by atoms with Gasteiger partial charge >= 0.3 is 5.97 Å². The van der Waals surface area contributed by atoms with Crippen molar-refractivity contribution in [3.05, 3.63) is 0 Å². The van der Waals surface area contributed by atoms with Crippen LogP contribution < -0.4 is 5.73 Å². The quantitative estimate of drug-likeness (QED) is 0.356. The molecular weight excluding hydrogens is 192 g/mol. The molecule has 5 heteroatoms. The fourth-order valence-corrected chi connectivity index (χ4v) is 0.375. The Hall–Kier alpha value is 0.403. The molecule has 0 aromatic heterocycles. The zero-order valence-electron chi connectivity index (χ0n) is 5.33. The third-order valence-corrected chi connectivity index (χ3v) is 1.09. The van der Waals surface area contributed by atoms with Gasteiger partial charge in [0.1, 0.15) is 6.04 Å². The van der Waals surface area contributed by atoms with E-state index in [-0.39, 0.29) is 19.5 Å². The van der Waals surface area contributed by atoms with Crippen LogP contribution >= 0.6 is 12.6 Å². The maximum absolute atomic E-state index is 10.3. The van der Waals surface area contributed by atoms with Crippen molar-refractivity contribution in [2.45, 2.75) is 6.04 Å². The van der Waals surface area contributed by atoms with Crippen LogP contribution in [0.2, 0.25) is 0 Å². The van der Waals surface area contributed by atoms with E-state index < -0.39 is 12.0 Å². The Bertz CT molecular complexity index is 90.6. The molecule has 0 heterocycles. The molecule has 2 N–H and O–H groups in total. The van der Waals surface area contributed by atoms with Gasteiger partial charge in [0.05, 0.1) is 7.11 Å². The fraction of sp³-hybridized carbons (Fsp3) is 0.750. The Kier molecular flexibility index (Phi) is 8.78. The average Bonchev–Trinajstić information content (AvgIpc) is 1.84. The van der Waals surface area contributed by atoms with Crippen LogP contribution in [0, 0.1) is 0 Å². The molecule has 9 heavy (non-hydrogen) atoms. The maximum atomic E-state index is 10.3. The van der Waals surface area contributed by atoms with Crippen LogP contribution in [0.3, 0.4) is 0 Å². The summed E-state index contributed by atoms with van der Waals surface area (Å²) in [7, 11) is 1.30. The minimum absolute atomic E-state index is 0. The summed E-state index contributed by atoms with van der Waals surface area (Å²) in [5.74, 6) is -0.0906. The number of hydrogen-bond acceptors (Lipinski definition) is 4. The molecule has 0 bridgehead atoms. The molecule has 0 saturated heterocycles. The Morgan fingerprint density at radius 1 is 1.89 bits per heavy atom. The molecule has 0 aromatic carbocycles. The molecule has 0 saturated carbocycles. The van der Waals surface area contributed by atoms with Gasteiger partial charge in [-0.05, 0) is 0 Å². The second kappa shape index (κ2) is 6.52.